The maximum Gasteiger partial charge on any atom is 0.211 e. The van der Waals surface area contributed by atoms with Gasteiger partial charge in [0.15, 0.2) is 0 Å². The van der Waals surface area contributed by atoms with E-state index >= 15 is 0 Å². The molecule has 1 rings (SSSR count). The third kappa shape index (κ3) is 4.98. The van der Waals surface area contributed by atoms with Crippen molar-refractivity contribution in [1.82, 2.24) is 10.0 Å². The molecule has 1 aliphatic rings. The van der Waals surface area contributed by atoms with Crippen LogP contribution in [0.5, 0.6) is 0 Å². The second kappa shape index (κ2) is 7.73. The molecule has 1 aliphatic carbocycles. The predicted octanol–water partition coefficient (Wildman–Crippen LogP) is 1.50. The van der Waals surface area contributed by atoms with Gasteiger partial charge in [-0.2, -0.15) is 0 Å². The Morgan fingerprint density at radius 2 is 1.95 bits per heavy atom. The highest BCUT2D eigenvalue weighted by Gasteiger charge is 2.50. The fourth-order valence-corrected chi connectivity index (χ4v) is 4.10. The van der Waals surface area contributed by atoms with Crippen molar-refractivity contribution >= 4 is 10.0 Å². The summed E-state index contributed by atoms with van der Waals surface area (Å²) in [6.07, 6.45) is 2.53. The molecular formula is C14H30N2O3S. The second-order valence-electron chi connectivity index (χ2n) is 6.05. The highest BCUT2D eigenvalue weighted by Crippen LogP contribution is 2.43. The van der Waals surface area contributed by atoms with Crippen molar-refractivity contribution in [3.8, 4) is 0 Å². The molecule has 0 heterocycles. The van der Waals surface area contributed by atoms with Gasteiger partial charge in [0.05, 0.1) is 11.9 Å². The number of rotatable bonds is 10. The fourth-order valence-electron chi connectivity index (χ4n) is 2.56. The molecule has 0 bridgehead atoms. The zero-order valence-corrected chi connectivity index (χ0v) is 14.1. The molecule has 0 aromatic carbocycles. The topological polar surface area (TPSA) is 67.4 Å². The van der Waals surface area contributed by atoms with Crippen LogP contribution in [0.15, 0.2) is 0 Å². The van der Waals surface area contributed by atoms with Crippen molar-refractivity contribution in [1.29, 1.82) is 0 Å². The summed E-state index contributed by atoms with van der Waals surface area (Å²) in [7, 11) is -3.17. The number of hydrogen-bond acceptors (Lipinski definition) is 4. The molecule has 5 nitrogen and oxygen atoms in total. The summed E-state index contributed by atoms with van der Waals surface area (Å²) in [5.74, 6) is 0.213. The van der Waals surface area contributed by atoms with E-state index in [9.17, 15) is 8.42 Å². The number of unbranched alkanes of at least 4 members (excludes halogenated alkanes) is 1. The molecule has 20 heavy (non-hydrogen) atoms. The van der Waals surface area contributed by atoms with Crippen molar-refractivity contribution in [2.45, 2.75) is 59.1 Å². The van der Waals surface area contributed by atoms with Crippen LogP contribution < -0.4 is 10.0 Å². The molecule has 0 saturated heterocycles. The molecule has 0 aliphatic heterocycles. The maximum absolute atomic E-state index is 12.0. The fraction of sp³-hybridized carbons (Fsp3) is 1.00. The molecule has 0 spiro atoms. The third-order valence-corrected chi connectivity index (χ3v) is 5.60. The van der Waals surface area contributed by atoms with Crippen LogP contribution in [0.1, 0.15) is 47.0 Å². The van der Waals surface area contributed by atoms with Gasteiger partial charge >= 0.3 is 0 Å². The molecule has 0 aromatic heterocycles. The Balaban J connectivity index is 2.33. The Labute approximate surface area is 123 Å². The SMILES string of the molecule is CCNCCCCS(=O)(=O)NC1CC(OCC)C1(C)C. The molecule has 2 unspecified atom stereocenters. The van der Waals surface area contributed by atoms with E-state index in [2.05, 4.69) is 23.9 Å². The monoisotopic (exact) mass is 306 g/mol. The van der Waals surface area contributed by atoms with Gasteiger partial charge in [0.1, 0.15) is 0 Å². The lowest BCUT2D eigenvalue weighted by atomic mass is 9.65. The first-order valence-electron chi connectivity index (χ1n) is 7.65. The van der Waals surface area contributed by atoms with Crippen LogP contribution in [-0.2, 0) is 14.8 Å². The minimum Gasteiger partial charge on any atom is -0.378 e. The van der Waals surface area contributed by atoms with E-state index in [1.807, 2.05) is 13.8 Å². The van der Waals surface area contributed by atoms with Crippen LogP contribution in [0.25, 0.3) is 0 Å². The molecule has 2 N–H and O–H groups in total. The van der Waals surface area contributed by atoms with Gasteiger partial charge in [0.25, 0.3) is 0 Å². The standard InChI is InChI=1S/C14H30N2O3S/c1-5-15-9-7-8-10-20(17,18)16-12-11-13(19-6-2)14(12,3)4/h12-13,15-16H,5-11H2,1-4H3. The Morgan fingerprint density at radius 1 is 1.25 bits per heavy atom. The quantitative estimate of drug-likeness (QED) is 0.600. The van der Waals surface area contributed by atoms with Crippen molar-refractivity contribution < 1.29 is 13.2 Å². The molecule has 1 fully saturated rings. The summed E-state index contributed by atoms with van der Waals surface area (Å²) >= 11 is 0. The van der Waals surface area contributed by atoms with E-state index in [4.69, 9.17) is 4.74 Å². The molecular weight excluding hydrogens is 276 g/mol. The van der Waals surface area contributed by atoms with E-state index in [-0.39, 0.29) is 23.3 Å². The van der Waals surface area contributed by atoms with Crippen LogP contribution in [-0.4, -0.2) is 46.0 Å². The molecule has 1 saturated carbocycles. The maximum atomic E-state index is 12.0. The Kier molecular flexibility index (Phi) is 6.91. The Hall–Kier alpha value is -0.170. The first-order valence-corrected chi connectivity index (χ1v) is 9.31. The van der Waals surface area contributed by atoms with Gasteiger partial charge < -0.3 is 10.1 Å². The van der Waals surface area contributed by atoms with Gasteiger partial charge in [-0.05, 0) is 39.3 Å². The first kappa shape index (κ1) is 17.9. The first-order chi connectivity index (χ1) is 9.33. The smallest absolute Gasteiger partial charge is 0.211 e. The lowest BCUT2D eigenvalue weighted by Crippen LogP contribution is -2.62. The van der Waals surface area contributed by atoms with Crippen molar-refractivity contribution in [3.63, 3.8) is 0 Å². The third-order valence-electron chi connectivity index (χ3n) is 4.13. The number of ether oxygens (including phenoxy) is 1. The van der Waals surface area contributed by atoms with Crippen LogP contribution in [0.2, 0.25) is 0 Å². The molecule has 0 radical (unpaired) electrons. The number of hydrogen-bond donors (Lipinski definition) is 2. The summed E-state index contributed by atoms with van der Waals surface area (Å²) in [6, 6.07) is -0.00202. The van der Waals surface area contributed by atoms with Crippen LogP contribution >= 0.6 is 0 Å². The predicted molar refractivity (Wildman–Crippen MR) is 82.3 cm³/mol. The van der Waals surface area contributed by atoms with Gasteiger partial charge in [0, 0.05) is 18.1 Å². The summed E-state index contributed by atoms with van der Waals surface area (Å²) in [6.45, 7) is 10.6. The zero-order valence-electron chi connectivity index (χ0n) is 13.2. The second-order valence-corrected chi connectivity index (χ2v) is 7.92. The van der Waals surface area contributed by atoms with Crippen LogP contribution in [0.3, 0.4) is 0 Å². The number of sulfonamides is 1. The van der Waals surface area contributed by atoms with Gasteiger partial charge in [0.2, 0.25) is 10.0 Å². The summed E-state index contributed by atoms with van der Waals surface area (Å²) in [5.41, 5.74) is -0.118. The van der Waals surface area contributed by atoms with E-state index in [1.54, 1.807) is 0 Å². The van der Waals surface area contributed by atoms with Gasteiger partial charge in [-0.25, -0.2) is 13.1 Å². The highest BCUT2D eigenvalue weighted by atomic mass is 32.2. The van der Waals surface area contributed by atoms with Crippen LogP contribution in [0, 0.1) is 5.41 Å². The Morgan fingerprint density at radius 3 is 2.50 bits per heavy atom. The lowest BCUT2D eigenvalue weighted by molar-refractivity contribution is -0.108. The average Bonchev–Trinajstić information content (AvgIpc) is 2.37. The van der Waals surface area contributed by atoms with Crippen molar-refractivity contribution in [2.75, 3.05) is 25.4 Å². The number of nitrogens with one attached hydrogen (secondary N) is 2. The molecule has 2 atom stereocenters. The van der Waals surface area contributed by atoms with Gasteiger partial charge in [-0.1, -0.05) is 20.8 Å². The summed E-state index contributed by atoms with van der Waals surface area (Å²) < 4.78 is 32.5. The van der Waals surface area contributed by atoms with Crippen molar-refractivity contribution in [3.05, 3.63) is 0 Å². The minimum atomic E-state index is -3.17. The lowest BCUT2D eigenvalue weighted by Gasteiger charge is -2.51. The summed E-state index contributed by atoms with van der Waals surface area (Å²) in [4.78, 5) is 0. The molecule has 0 amide bonds. The van der Waals surface area contributed by atoms with E-state index < -0.39 is 10.0 Å². The molecule has 120 valence electrons. The van der Waals surface area contributed by atoms with E-state index in [0.717, 1.165) is 25.9 Å². The highest BCUT2D eigenvalue weighted by molar-refractivity contribution is 7.89. The van der Waals surface area contributed by atoms with E-state index in [0.29, 0.717) is 13.0 Å². The summed E-state index contributed by atoms with van der Waals surface area (Å²) in [5, 5.41) is 3.20. The normalized spacial score (nSPS) is 25.4. The Bertz CT molecular complexity index is 382. The average molecular weight is 306 g/mol. The zero-order chi connectivity index (χ0) is 15.2. The van der Waals surface area contributed by atoms with E-state index in [1.165, 1.54) is 0 Å². The molecule has 6 heteroatoms. The van der Waals surface area contributed by atoms with Gasteiger partial charge in [-0.15, -0.1) is 0 Å². The minimum absolute atomic E-state index is 0.00202. The largest absolute Gasteiger partial charge is 0.378 e. The van der Waals surface area contributed by atoms with Crippen LogP contribution in [0.4, 0.5) is 0 Å². The van der Waals surface area contributed by atoms with Crippen molar-refractivity contribution in [2.24, 2.45) is 5.41 Å². The van der Waals surface area contributed by atoms with Gasteiger partial charge in [-0.3, -0.25) is 0 Å². The molecule has 0 aromatic rings.